The fourth-order valence-electron chi connectivity index (χ4n) is 6.57. The highest BCUT2D eigenvalue weighted by molar-refractivity contribution is 6.03. The first-order chi connectivity index (χ1) is 27.4. The van der Waals surface area contributed by atoms with Crippen molar-refractivity contribution in [3.05, 3.63) is 126 Å². The van der Waals surface area contributed by atoms with E-state index in [1.54, 1.807) is 25.1 Å². The monoisotopic (exact) mass is 773 g/mol. The Balaban J connectivity index is 1.15. The molecule has 0 saturated heterocycles. The molecule has 1 aromatic heterocycles. The van der Waals surface area contributed by atoms with Crippen molar-refractivity contribution in [2.45, 2.75) is 58.4 Å². The van der Waals surface area contributed by atoms with Crippen LogP contribution >= 0.6 is 0 Å². The quantitative estimate of drug-likeness (QED) is 0.0351. The number of hydrogen-bond acceptors (Lipinski definition) is 11. The minimum absolute atomic E-state index is 0.0690. The van der Waals surface area contributed by atoms with Gasteiger partial charge < -0.3 is 19.1 Å². The van der Waals surface area contributed by atoms with Gasteiger partial charge in [-0.2, -0.15) is 0 Å². The van der Waals surface area contributed by atoms with Gasteiger partial charge in [0, 0.05) is 29.8 Å². The van der Waals surface area contributed by atoms with Crippen LogP contribution in [-0.4, -0.2) is 89.5 Å². The third kappa shape index (κ3) is 10.8. The van der Waals surface area contributed by atoms with Crippen molar-refractivity contribution >= 4 is 40.4 Å². The molecule has 5 aromatic rings. The SMILES string of the molecule is C=C(C)C(=O)OCCc1ccc(OC(=O)CCC(=O)OCCN(CC)c2ccc(C(=O)C(CC)(Cc3ccccc3)N(C)C)cc2)c(-n2nc3ccccc3n2)c1. The molecule has 1 heterocycles. The van der Waals surface area contributed by atoms with Crippen LogP contribution in [0.3, 0.4) is 0 Å². The second-order valence-electron chi connectivity index (χ2n) is 14.0. The van der Waals surface area contributed by atoms with Crippen LogP contribution in [0.5, 0.6) is 5.75 Å². The number of carbonyl (C=O) groups excluding carboxylic acids is 4. The lowest BCUT2D eigenvalue weighted by Gasteiger charge is -2.38. The van der Waals surface area contributed by atoms with E-state index in [9.17, 15) is 19.2 Å². The number of hydrogen-bond donors (Lipinski definition) is 0. The summed E-state index contributed by atoms with van der Waals surface area (Å²) in [6, 6.07) is 30.2. The molecule has 298 valence electrons. The standard InChI is InChI=1S/C45H51N5O7/c1-7-45(48(5)6,31-34-14-10-9-11-15-34)43(53)35-19-21-36(22-20-35)49(8-2)27-29-55-41(51)24-25-42(52)57-40-23-18-33(26-28-56-44(54)32(3)4)30-39(40)50-46-37-16-12-13-17-38(37)47-50/h9-23,30H,3,7-8,24-29,31H2,1-2,4-6H3. The fraction of sp³-hybridized carbons (Fsp3) is 0.333. The van der Waals surface area contributed by atoms with E-state index in [4.69, 9.17) is 14.2 Å². The van der Waals surface area contributed by atoms with Crippen LogP contribution in [0.4, 0.5) is 5.69 Å². The number of benzene rings is 4. The topological polar surface area (TPSA) is 133 Å². The Morgan fingerprint density at radius 3 is 2.04 bits per heavy atom. The van der Waals surface area contributed by atoms with E-state index in [0.717, 1.165) is 16.8 Å². The van der Waals surface area contributed by atoms with E-state index >= 15 is 0 Å². The Morgan fingerprint density at radius 2 is 1.42 bits per heavy atom. The van der Waals surface area contributed by atoms with Crippen LogP contribution in [0.1, 0.15) is 61.5 Å². The summed E-state index contributed by atoms with van der Waals surface area (Å²) in [7, 11) is 3.91. The molecule has 0 aliphatic rings. The molecule has 0 N–H and O–H groups in total. The normalized spacial score (nSPS) is 12.2. The average molecular weight is 774 g/mol. The first kappa shape index (κ1) is 42.0. The largest absolute Gasteiger partial charge is 0.464 e. The second-order valence-corrected chi connectivity index (χ2v) is 14.0. The average Bonchev–Trinajstić information content (AvgIpc) is 3.66. The summed E-state index contributed by atoms with van der Waals surface area (Å²) in [5.41, 5.74) is 4.80. The van der Waals surface area contributed by atoms with Gasteiger partial charge >= 0.3 is 17.9 Å². The highest BCUT2D eigenvalue weighted by Gasteiger charge is 2.39. The van der Waals surface area contributed by atoms with Crippen LogP contribution < -0.4 is 9.64 Å². The van der Waals surface area contributed by atoms with Crippen molar-refractivity contribution in [3.63, 3.8) is 0 Å². The van der Waals surface area contributed by atoms with Gasteiger partial charge in [-0.1, -0.05) is 62.0 Å². The van der Waals surface area contributed by atoms with Crippen LogP contribution in [-0.2, 0) is 36.7 Å². The van der Waals surface area contributed by atoms with Gasteiger partial charge in [-0.3, -0.25) is 19.3 Å². The molecule has 0 radical (unpaired) electrons. The van der Waals surface area contributed by atoms with Crippen LogP contribution in [0, 0.1) is 0 Å². The summed E-state index contributed by atoms with van der Waals surface area (Å²) in [5.74, 6) is -1.34. The van der Waals surface area contributed by atoms with Crippen molar-refractivity contribution in [1.29, 1.82) is 0 Å². The molecule has 0 aliphatic carbocycles. The molecule has 12 nitrogen and oxygen atoms in total. The van der Waals surface area contributed by atoms with Crippen molar-refractivity contribution < 1.29 is 33.4 Å². The highest BCUT2D eigenvalue weighted by atomic mass is 16.5. The van der Waals surface area contributed by atoms with Crippen molar-refractivity contribution in [1.82, 2.24) is 19.9 Å². The number of ether oxygens (including phenoxy) is 3. The van der Waals surface area contributed by atoms with Crippen LogP contribution in [0.25, 0.3) is 16.7 Å². The number of ketones is 1. The summed E-state index contributed by atoms with van der Waals surface area (Å²) >= 11 is 0. The number of rotatable bonds is 20. The number of aromatic nitrogens is 3. The zero-order valence-corrected chi connectivity index (χ0v) is 33.4. The molecule has 0 saturated carbocycles. The summed E-state index contributed by atoms with van der Waals surface area (Å²) in [6.07, 6.45) is 1.30. The van der Waals surface area contributed by atoms with Gasteiger partial charge in [0.15, 0.2) is 11.5 Å². The van der Waals surface area contributed by atoms with E-state index in [-0.39, 0.29) is 37.6 Å². The number of Topliss-reactive ketones (excluding diaryl/α,β-unsaturated/α-hetero) is 1. The summed E-state index contributed by atoms with van der Waals surface area (Å²) in [6.45, 7) is 10.6. The fourth-order valence-corrected chi connectivity index (χ4v) is 6.57. The molecule has 0 aliphatic heterocycles. The minimum Gasteiger partial charge on any atom is -0.464 e. The molecular formula is C45H51N5O7. The number of anilines is 1. The van der Waals surface area contributed by atoms with E-state index < -0.39 is 23.4 Å². The van der Waals surface area contributed by atoms with Gasteiger partial charge in [-0.25, -0.2) is 4.79 Å². The molecular weight excluding hydrogens is 723 g/mol. The lowest BCUT2D eigenvalue weighted by atomic mass is 9.80. The molecule has 0 bridgehead atoms. The Kier molecular flexibility index (Phi) is 14.5. The van der Waals surface area contributed by atoms with E-state index in [1.807, 2.05) is 99.6 Å². The summed E-state index contributed by atoms with van der Waals surface area (Å²) in [5, 5.41) is 9.08. The van der Waals surface area contributed by atoms with Crippen molar-refractivity contribution in [2.24, 2.45) is 0 Å². The lowest BCUT2D eigenvalue weighted by Crippen LogP contribution is -2.52. The highest BCUT2D eigenvalue weighted by Crippen LogP contribution is 2.29. The molecule has 1 atom stereocenters. The lowest BCUT2D eigenvalue weighted by molar-refractivity contribution is -0.146. The predicted octanol–water partition coefficient (Wildman–Crippen LogP) is 6.97. The smallest absolute Gasteiger partial charge is 0.333 e. The second kappa shape index (κ2) is 19.6. The maximum absolute atomic E-state index is 14.0. The number of carbonyl (C=O) groups is 4. The summed E-state index contributed by atoms with van der Waals surface area (Å²) in [4.78, 5) is 57.0. The zero-order valence-electron chi connectivity index (χ0n) is 33.4. The third-order valence-electron chi connectivity index (χ3n) is 9.96. The molecule has 0 spiro atoms. The van der Waals surface area contributed by atoms with Gasteiger partial charge in [-0.05, 0) is 100 Å². The Hall–Kier alpha value is -6.14. The van der Waals surface area contributed by atoms with Gasteiger partial charge in [-0.15, -0.1) is 15.0 Å². The first-order valence-electron chi connectivity index (χ1n) is 19.2. The first-order valence-corrected chi connectivity index (χ1v) is 19.2. The maximum atomic E-state index is 14.0. The van der Waals surface area contributed by atoms with Gasteiger partial charge in [0.1, 0.15) is 23.3 Å². The van der Waals surface area contributed by atoms with Crippen LogP contribution in [0.15, 0.2) is 109 Å². The van der Waals surface area contributed by atoms with Crippen molar-refractivity contribution in [3.8, 4) is 11.4 Å². The van der Waals surface area contributed by atoms with E-state index in [0.29, 0.717) is 60.2 Å². The number of nitrogens with zero attached hydrogens (tertiary/aromatic N) is 5. The number of fused-ring (bicyclic) bond motifs is 1. The van der Waals surface area contributed by atoms with Gasteiger partial charge in [0.2, 0.25) is 0 Å². The number of esters is 3. The van der Waals surface area contributed by atoms with E-state index in [1.165, 1.54) is 4.80 Å². The van der Waals surface area contributed by atoms with Crippen molar-refractivity contribution in [2.75, 3.05) is 45.3 Å². The molecule has 12 heteroatoms. The van der Waals surface area contributed by atoms with Crippen LogP contribution in [0.2, 0.25) is 0 Å². The molecule has 57 heavy (non-hydrogen) atoms. The third-order valence-corrected chi connectivity index (χ3v) is 9.96. The molecule has 4 aromatic carbocycles. The molecule has 5 rings (SSSR count). The predicted molar refractivity (Wildman–Crippen MR) is 220 cm³/mol. The zero-order chi connectivity index (χ0) is 41.0. The minimum atomic E-state index is -0.684. The Morgan fingerprint density at radius 1 is 0.772 bits per heavy atom. The van der Waals surface area contributed by atoms with Gasteiger partial charge in [0.25, 0.3) is 0 Å². The van der Waals surface area contributed by atoms with E-state index in [2.05, 4.69) is 33.8 Å². The maximum Gasteiger partial charge on any atom is 0.333 e. The number of likely N-dealkylation sites (N-methyl/N-ethyl adjacent to an activating group) is 2. The molecule has 0 amide bonds. The summed E-state index contributed by atoms with van der Waals surface area (Å²) < 4.78 is 16.5. The Bertz CT molecular complexity index is 2150. The Labute approximate surface area is 334 Å². The van der Waals surface area contributed by atoms with Gasteiger partial charge in [0.05, 0.1) is 31.5 Å². The molecule has 1 unspecified atom stereocenters. The molecule has 0 fully saturated rings.